The number of fused-ring (bicyclic) bond motifs is 1. The Morgan fingerprint density at radius 2 is 2.00 bits per heavy atom. The molecule has 0 unspecified atom stereocenters. The van der Waals surface area contributed by atoms with E-state index in [1.54, 1.807) is 0 Å². The lowest BCUT2D eigenvalue weighted by molar-refractivity contribution is 0.162. The van der Waals surface area contributed by atoms with Gasteiger partial charge in [-0.2, -0.15) is 5.10 Å². The molecular weight excluding hydrogens is 368 g/mol. The van der Waals surface area contributed by atoms with Gasteiger partial charge in [0.25, 0.3) is 0 Å². The maximum Gasteiger partial charge on any atom is 0.174 e. The Morgan fingerprint density at radius 3 is 2.72 bits per heavy atom. The largest absolute Gasteiger partial charge is 0.490 e. The number of amidine groups is 1. The summed E-state index contributed by atoms with van der Waals surface area (Å²) in [6.07, 6.45) is 2.25. The second-order valence-electron chi connectivity index (χ2n) is 6.46. The molecule has 0 aliphatic carbocycles. The summed E-state index contributed by atoms with van der Waals surface area (Å²) < 4.78 is 11.7. The number of aromatic nitrogens is 1. The molecule has 4 rings (SSSR count). The zero-order valence-electron chi connectivity index (χ0n) is 16.8. The molecule has 0 radical (unpaired) electrons. The Labute approximate surface area is 170 Å². The first-order valence-electron chi connectivity index (χ1n) is 9.90. The average molecular weight is 396 g/mol. The lowest BCUT2D eigenvalue weighted by atomic mass is 10.1. The van der Waals surface area contributed by atoms with Crippen LogP contribution in [0.5, 0.6) is 5.75 Å². The fraction of sp³-hybridized carbons (Fsp3) is 0.333. The summed E-state index contributed by atoms with van der Waals surface area (Å²) in [6, 6.07) is 13.4. The summed E-state index contributed by atoms with van der Waals surface area (Å²) in [7, 11) is 0. The molecule has 0 amide bonds. The molecule has 0 bridgehead atoms. The summed E-state index contributed by atoms with van der Waals surface area (Å²) in [5, 5.41) is 12.0. The van der Waals surface area contributed by atoms with Gasteiger partial charge in [0.05, 0.1) is 5.39 Å². The first-order valence-corrected chi connectivity index (χ1v) is 9.90. The molecule has 1 aliphatic rings. The Bertz CT molecular complexity index is 963. The lowest BCUT2D eigenvalue weighted by Crippen LogP contribution is -2.34. The SMILES string of the molecule is CC.N/N=C(\NN)c1ccc2noc(-c3cccc(OC4CCNCC4)c3)c2c1. The van der Waals surface area contributed by atoms with E-state index >= 15 is 0 Å². The Morgan fingerprint density at radius 1 is 1.21 bits per heavy atom. The van der Waals surface area contributed by atoms with Crippen molar-refractivity contribution >= 4 is 16.7 Å². The Kier molecular flexibility index (Phi) is 7.04. The van der Waals surface area contributed by atoms with Crippen molar-refractivity contribution in [2.24, 2.45) is 16.8 Å². The van der Waals surface area contributed by atoms with Gasteiger partial charge in [-0.25, -0.2) is 5.84 Å². The number of nitrogens with one attached hydrogen (secondary N) is 2. The summed E-state index contributed by atoms with van der Waals surface area (Å²) in [5.74, 6) is 12.7. The molecule has 154 valence electrons. The molecule has 3 aromatic rings. The minimum Gasteiger partial charge on any atom is -0.490 e. The van der Waals surface area contributed by atoms with Gasteiger partial charge in [-0.1, -0.05) is 31.1 Å². The van der Waals surface area contributed by atoms with Crippen molar-refractivity contribution in [3.8, 4) is 17.1 Å². The fourth-order valence-electron chi connectivity index (χ4n) is 3.31. The first kappa shape index (κ1) is 20.6. The smallest absolute Gasteiger partial charge is 0.174 e. The minimum absolute atomic E-state index is 0.235. The van der Waals surface area contributed by atoms with Gasteiger partial charge in [0, 0.05) is 11.1 Å². The number of nitrogens with zero attached hydrogens (tertiary/aromatic N) is 2. The number of hydrazone groups is 1. The fourth-order valence-corrected chi connectivity index (χ4v) is 3.31. The van der Waals surface area contributed by atoms with E-state index in [1.807, 2.05) is 56.3 Å². The van der Waals surface area contributed by atoms with Crippen LogP contribution in [0.3, 0.4) is 0 Å². The normalized spacial score (nSPS) is 14.9. The van der Waals surface area contributed by atoms with Crippen LogP contribution in [0, 0.1) is 0 Å². The summed E-state index contributed by atoms with van der Waals surface area (Å²) in [4.78, 5) is 0. The van der Waals surface area contributed by atoms with Crippen LogP contribution in [0.25, 0.3) is 22.2 Å². The van der Waals surface area contributed by atoms with Crippen molar-refractivity contribution in [1.82, 2.24) is 15.9 Å². The van der Waals surface area contributed by atoms with Gasteiger partial charge >= 0.3 is 0 Å². The molecule has 1 aliphatic heterocycles. The highest BCUT2D eigenvalue weighted by atomic mass is 16.5. The highest BCUT2D eigenvalue weighted by Crippen LogP contribution is 2.32. The third-order valence-corrected chi connectivity index (χ3v) is 4.70. The molecule has 0 spiro atoms. The summed E-state index contributed by atoms with van der Waals surface area (Å²) in [5.41, 5.74) is 4.88. The second kappa shape index (κ2) is 9.90. The number of benzene rings is 2. The molecule has 0 saturated carbocycles. The molecule has 29 heavy (non-hydrogen) atoms. The van der Waals surface area contributed by atoms with Crippen molar-refractivity contribution in [3.63, 3.8) is 0 Å². The Balaban J connectivity index is 0.00000117. The molecule has 1 aromatic heterocycles. The van der Waals surface area contributed by atoms with Gasteiger partial charge in [0.15, 0.2) is 11.6 Å². The van der Waals surface area contributed by atoms with Crippen LogP contribution < -0.4 is 27.2 Å². The van der Waals surface area contributed by atoms with Crippen molar-refractivity contribution < 1.29 is 9.26 Å². The molecule has 1 saturated heterocycles. The van der Waals surface area contributed by atoms with Gasteiger partial charge in [0.2, 0.25) is 0 Å². The highest BCUT2D eigenvalue weighted by molar-refractivity contribution is 6.03. The molecule has 2 aromatic carbocycles. The number of hydrogen-bond acceptors (Lipinski definition) is 7. The zero-order chi connectivity index (χ0) is 20.6. The number of hydrazine groups is 1. The van der Waals surface area contributed by atoms with Gasteiger partial charge in [0.1, 0.15) is 17.4 Å². The van der Waals surface area contributed by atoms with Gasteiger partial charge in [-0.15, -0.1) is 0 Å². The van der Waals surface area contributed by atoms with Crippen molar-refractivity contribution in [1.29, 1.82) is 0 Å². The number of hydrogen-bond donors (Lipinski definition) is 4. The Hall–Kier alpha value is -3.10. The number of ether oxygens (including phenoxy) is 1. The van der Waals surface area contributed by atoms with Crippen LogP contribution in [-0.4, -0.2) is 30.2 Å². The van der Waals surface area contributed by atoms with Gasteiger partial charge in [-0.3, -0.25) is 0 Å². The summed E-state index contributed by atoms with van der Waals surface area (Å²) in [6.45, 7) is 5.97. The van der Waals surface area contributed by atoms with Crippen LogP contribution in [0.4, 0.5) is 0 Å². The lowest BCUT2D eigenvalue weighted by Gasteiger charge is -2.23. The van der Waals surface area contributed by atoms with Crippen LogP contribution in [0.1, 0.15) is 32.3 Å². The third kappa shape index (κ3) is 4.67. The van der Waals surface area contributed by atoms with E-state index in [2.05, 4.69) is 21.0 Å². The second-order valence-corrected chi connectivity index (χ2v) is 6.46. The van der Waals surface area contributed by atoms with Crippen LogP contribution in [-0.2, 0) is 0 Å². The van der Waals surface area contributed by atoms with Gasteiger partial charge < -0.3 is 25.8 Å². The van der Waals surface area contributed by atoms with E-state index < -0.39 is 0 Å². The number of nitrogens with two attached hydrogens (primary N) is 2. The average Bonchev–Trinajstić information content (AvgIpc) is 3.20. The molecular formula is C21H28N6O2. The van der Waals surface area contributed by atoms with E-state index in [9.17, 15) is 0 Å². The standard InChI is InChI=1S/C19H22N6O2.C2H6/c20-23-19(24-21)13-4-5-17-16(11-13)18(27-25-17)12-2-1-3-15(10-12)26-14-6-8-22-9-7-14;1-2/h1-5,10-11,14,22H,6-9,20-21H2,(H,23,24);1-2H3. The third-order valence-electron chi connectivity index (χ3n) is 4.70. The van der Waals surface area contributed by atoms with E-state index in [4.69, 9.17) is 20.9 Å². The predicted octanol–water partition coefficient (Wildman–Crippen LogP) is 2.74. The minimum atomic E-state index is 0.235. The molecule has 0 atom stereocenters. The number of rotatable bonds is 4. The first-order chi connectivity index (χ1) is 14.3. The molecule has 1 fully saturated rings. The van der Waals surface area contributed by atoms with Crippen molar-refractivity contribution in [2.45, 2.75) is 32.8 Å². The zero-order valence-corrected chi connectivity index (χ0v) is 16.8. The molecule has 6 N–H and O–H groups in total. The molecule has 8 heteroatoms. The molecule has 2 heterocycles. The van der Waals surface area contributed by atoms with E-state index in [1.165, 1.54) is 0 Å². The quantitative estimate of drug-likeness (QED) is 0.231. The van der Waals surface area contributed by atoms with Crippen molar-refractivity contribution in [3.05, 3.63) is 48.0 Å². The monoisotopic (exact) mass is 396 g/mol. The van der Waals surface area contributed by atoms with E-state index in [0.717, 1.165) is 53.7 Å². The van der Waals surface area contributed by atoms with Crippen LogP contribution in [0.15, 0.2) is 52.1 Å². The highest BCUT2D eigenvalue weighted by Gasteiger charge is 2.17. The predicted molar refractivity (Wildman–Crippen MR) is 115 cm³/mol. The van der Waals surface area contributed by atoms with Crippen LogP contribution >= 0.6 is 0 Å². The van der Waals surface area contributed by atoms with E-state index in [0.29, 0.717) is 11.6 Å². The van der Waals surface area contributed by atoms with Crippen molar-refractivity contribution in [2.75, 3.05) is 13.1 Å². The molecule has 8 nitrogen and oxygen atoms in total. The topological polar surface area (TPSA) is 124 Å². The number of piperidine rings is 1. The van der Waals surface area contributed by atoms with Gasteiger partial charge in [-0.05, 0) is 56.3 Å². The van der Waals surface area contributed by atoms with Crippen LogP contribution in [0.2, 0.25) is 0 Å². The maximum absolute atomic E-state index is 6.14. The van der Waals surface area contributed by atoms with E-state index in [-0.39, 0.29) is 6.10 Å². The summed E-state index contributed by atoms with van der Waals surface area (Å²) >= 11 is 0. The maximum atomic E-state index is 6.14.